The fraction of sp³-hybridized carbons (Fsp3) is 0.364. The molecule has 1 amide bonds. The number of amides is 1. The molecule has 0 atom stereocenters. The summed E-state index contributed by atoms with van der Waals surface area (Å²) in [7, 11) is 1.71. The molecular formula is C22H29ClN4O2. The summed E-state index contributed by atoms with van der Waals surface area (Å²) in [4.78, 5) is 16.4. The van der Waals surface area contributed by atoms with Gasteiger partial charge in [-0.1, -0.05) is 35.9 Å². The maximum absolute atomic E-state index is 12.2. The maximum atomic E-state index is 12.2. The van der Waals surface area contributed by atoms with Gasteiger partial charge in [-0.25, -0.2) is 0 Å². The molecule has 0 heterocycles. The Morgan fingerprint density at radius 1 is 1.10 bits per heavy atom. The van der Waals surface area contributed by atoms with E-state index in [1.165, 1.54) is 0 Å². The van der Waals surface area contributed by atoms with Crippen molar-refractivity contribution >= 4 is 23.5 Å². The van der Waals surface area contributed by atoms with Gasteiger partial charge in [0.05, 0.1) is 16.7 Å². The lowest BCUT2D eigenvalue weighted by Crippen LogP contribution is -2.41. The van der Waals surface area contributed by atoms with Crippen LogP contribution in [0.2, 0.25) is 5.02 Å². The number of carbonyl (C=O) groups excluding carboxylic acids is 1. The number of ether oxygens (including phenoxy) is 1. The standard InChI is InChI=1S/C22H29ClN4O2/c1-15(2)29-20-13-16(3)9-10-17(20)14-27-22(24-4)26-12-11-25-21(28)18-7-5-6-8-19(18)23/h5-10,13,15H,11-12,14H2,1-4H3,(H,25,28)(H2,24,26,27). The fourth-order valence-corrected chi connectivity index (χ4v) is 2.89. The highest BCUT2D eigenvalue weighted by molar-refractivity contribution is 6.33. The van der Waals surface area contributed by atoms with Gasteiger partial charge in [0.2, 0.25) is 0 Å². The van der Waals surface area contributed by atoms with E-state index in [1.54, 1.807) is 31.3 Å². The Morgan fingerprint density at radius 3 is 2.52 bits per heavy atom. The lowest BCUT2D eigenvalue weighted by Gasteiger charge is -2.17. The monoisotopic (exact) mass is 416 g/mol. The first kappa shape index (κ1) is 22.6. The number of hydrogen-bond donors (Lipinski definition) is 3. The highest BCUT2D eigenvalue weighted by atomic mass is 35.5. The van der Waals surface area contributed by atoms with Crippen molar-refractivity contribution in [3.05, 3.63) is 64.2 Å². The molecular weight excluding hydrogens is 388 g/mol. The van der Waals surface area contributed by atoms with Crippen LogP contribution in [0.5, 0.6) is 5.75 Å². The highest BCUT2D eigenvalue weighted by Gasteiger charge is 2.09. The molecule has 0 spiro atoms. The lowest BCUT2D eigenvalue weighted by atomic mass is 10.1. The summed E-state index contributed by atoms with van der Waals surface area (Å²) in [6, 6.07) is 13.1. The Morgan fingerprint density at radius 2 is 1.83 bits per heavy atom. The Bertz CT molecular complexity index is 852. The third-order valence-corrected chi connectivity index (χ3v) is 4.41. The van der Waals surface area contributed by atoms with Crippen molar-refractivity contribution in [2.45, 2.75) is 33.4 Å². The van der Waals surface area contributed by atoms with Crippen molar-refractivity contribution in [2.75, 3.05) is 20.1 Å². The maximum Gasteiger partial charge on any atom is 0.252 e. The van der Waals surface area contributed by atoms with Crippen LogP contribution < -0.4 is 20.7 Å². The van der Waals surface area contributed by atoms with Crippen molar-refractivity contribution in [1.82, 2.24) is 16.0 Å². The minimum absolute atomic E-state index is 0.106. The van der Waals surface area contributed by atoms with Gasteiger partial charge in [-0.2, -0.15) is 0 Å². The average molecular weight is 417 g/mol. The summed E-state index contributed by atoms with van der Waals surface area (Å²) in [6.45, 7) is 7.61. The van der Waals surface area contributed by atoms with Gasteiger partial charge in [0.25, 0.3) is 5.91 Å². The molecule has 0 fully saturated rings. The summed E-state index contributed by atoms with van der Waals surface area (Å²) < 4.78 is 5.91. The average Bonchev–Trinajstić information content (AvgIpc) is 2.68. The first-order valence-corrected chi connectivity index (χ1v) is 10.0. The molecule has 0 saturated heterocycles. The van der Waals surface area contributed by atoms with E-state index in [2.05, 4.69) is 33.1 Å². The Labute approximate surface area is 177 Å². The zero-order valence-corrected chi connectivity index (χ0v) is 18.1. The van der Waals surface area contributed by atoms with Crippen molar-refractivity contribution in [3.63, 3.8) is 0 Å². The number of nitrogens with one attached hydrogen (secondary N) is 3. The SMILES string of the molecule is CN=C(NCCNC(=O)c1ccccc1Cl)NCc1ccc(C)cc1OC(C)C. The second kappa shape index (κ2) is 11.3. The third kappa shape index (κ3) is 7.31. The van der Waals surface area contributed by atoms with Gasteiger partial charge in [0, 0.05) is 32.2 Å². The predicted molar refractivity (Wildman–Crippen MR) is 119 cm³/mol. The van der Waals surface area contributed by atoms with E-state index in [9.17, 15) is 4.79 Å². The zero-order chi connectivity index (χ0) is 21.2. The molecule has 6 nitrogen and oxygen atoms in total. The summed E-state index contributed by atoms with van der Waals surface area (Å²) >= 11 is 6.04. The molecule has 156 valence electrons. The minimum Gasteiger partial charge on any atom is -0.491 e. The van der Waals surface area contributed by atoms with Gasteiger partial charge < -0.3 is 20.7 Å². The van der Waals surface area contributed by atoms with E-state index in [0.29, 0.717) is 36.2 Å². The van der Waals surface area contributed by atoms with Crippen LogP contribution in [0.25, 0.3) is 0 Å². The normalized spacial score (nSPS) is 11.3. The number of guanidine groups is 1. The first-order chi connectivity index (χ1) is 13.9. The number of nitrogens with zero attached hydrogens (tertiary/aromatic N) is 1. The van der Waals surface area contributed by atoms with Crippen LogP contribution in [0.3, 0.4) is 0 Å². The van der Waals surface area contributed by atoms with Gasteiger partial charge >= 0.3 is 0 Å². The fourth-order valence-electron chi connectivity index (χ4n) is 2.67. The molecule has 0 aromatic heterocycles. The molecule has 2 rings (SSSR count). The summed E-state index contributed by atoms with van der Waals surface area (Å²) in [6.07, 6.45) is 0.106. The second-order valence-electron chi connectivity index (χ2n) is 6.87. The number of aliphatic imine (C=N–C) groups is 1. The number of rotatable bonds is 8. The van der Waals surface area contributed by atoms with Crippen LogP contribution in [0.4, 0.5) is 0 Å². The van der Waals surface area contributed by atoms with E-state index in [-0.39, 0.29) is 12.0 Å². The number of hydrogen-bond acceptors (Lipinski definition) is 3. The van der Waals surface area contributed by atoms with Gasteiger partial charge in [0.1, 0.15) is 5.75 Å². The van der Waals surface area contributed by atoms with Crippen LogP contribution in [0.1, 0.15) is 35.3 Å². The van der Waals surface area contributed by atoms with Crippen LogP contribution in [-0.2, 0) is 6.54 Å². The van der Waals surface area contributed by atoms with Crippen LogP contribution in [0, 0.1) is 6.92 Å². The van der Waals surface area contributed by atoms with Crippen LogP contribution in [0.15, 0.2) is 47.5 Å². The van der Waals surface area contributed by atoms with E-state index in [1.807, 2.05) is 26.8 Å². The van der Waals surface area contributed by atoms with E-state index >= 15 is 0 Å². The molecule has 2 aromatic carbocycles. The molecule has 0 aliphatic heterocycles. The smallest absolute Gasteiger partial charge is 0.252 e. The zero-order valence-electron chi connectivity index (χ0n) is 17.4. The highest BCUT2D eigenvalue weighted by Crippen LogP contribution is 2.21. The van der Waals surface area contributed by atoms with Crippen molar-refractivity contribution in [1.29, 1.82) is 0 Å². The third-order valence-electron chi connectivity index (χ3n) is 4.08. The van der Waals surface area contributed by atoms with Crippen molar-refractivity contribution in [2.24, 2.45) is 4.99 Å². The Kier molecular flexibility index (Phi) is 8.80. The molecule has 0 bridgehead atoms. The molecule has 0 aliphatic rings. The summed E-state index contributed by atoms with van der Waals surface area (Å²) in [5.74, 6) is 1.32. The molecule has 3 N–H and O–H groups in total. The predicted octanol–water partition coefficient (Wildman–Crippen LogP) is 3.53. The van der Waals surface area contributed by atoms with Gasteiger partial charge in [-0.3, -0.25) is 9.79 Å². The van der Waals surface area contributed by atoms with Crippen molar-refractivity contribution in [3.8, 4) is 5.75 Å². The Hall–Kier alpha value is -2.73. The van der Waals surface area contributed by atoms with Gasteiger partial charge in [-0.05, 0) is 44.5 Å². The molecule has 2 aromatic rings. The molecule has 0 saturated carbocycles. The Balaban J connectivity index is 1.81. The van der Waals surface area contributed by atoms with E-state index in [0.717, 1.165) is 16.9 Å². The van der Waals surface area contributed by atoms with Gasteiger partial charge in [-0.15, -0.1) is 0 Å². The minimum atomic E-state index is -0.199. The summed E-state index contributed by atoms with van der Waals surface area (Å²) in [5.41, 5.74) is 2.68. The lowest BCUT2D eigenvalue weighted by molar-refractivity contribution is 0.0954. The number of aryl methyl sites for hydroxylation is 1. The van der Waals surface area contributed by atoms with Gasteiger partial charge in [0.15, 0.2) is 5.96 Å². The van der Waals surface area contributed by atoms with Crippen molar-refractivity contribution < 1.29 is 9.53 Å². The molecule has 29 heavy (non-hydrogen) atoms. The molecule has 0 unspecified atom stereocenters. The van der Waals surface area contributed by atoms with E-state index < -0.39 is 0 Å². The number of halogens is 1. The number of carbonyl (C=O) groups is 1. The first-order valence-electron chi connectivity index (χ1n) is 9.64. The molecule has 0 aliphatic carbocycles. The largest absolute Gasteiger partial charge is 0.491 e. The van der Waals surface area contributed by atoms with Crippen LogP contribution in [-0.4, -0.2) is 38.1 Å². The summed E-state index contributed by atoms with van der Waals surface area (Å²) in [5, 5.41) is 9.74. The topological polar surface area (TPSA) is 74.8 Å². The van der Waals surface area contributed by atoms with E-state index in [4.69, 9.17) is 16.3 Å². The molecule has 0 radical (unpaired) electrons. The second-order valence-corrected chi connectivity index (χ2v) is 7.27. The quantitative estimate of drug-likeness (QED) is 0.349. The molecule has 7 heteroatoms. The number of benzene rings is 2. The van der Waals surface area contributed by atoms with Crippen LogP contribution >= 0.6 is 11.6 Å².